The van der Waals surface area contributed by atoms with Crippen LogP contribution in [0, 0.1) is 17.5 Å². The minimum absolute atomic E-state index is 0.108. The highest BCUT2D eigenvalue weighted by molar-refractivity contribution is 6.09. The van der Waals surface area contributed by atoms with E-state index in [4.69, 9.17) is 0 Å². The first-order valence-electron chi connectivity index (χ1n) is 13.9. The minimum Gasteiger partial charge on any atom is -0.334 e. The summed E-state index contributed by atoms with van der Waals surface area (Å²) >= 11 is 0. The Morgan fingerprint density at radius 1 is 0.902 bits per heavy atom. The van der Waals surface area contributed by atoms with Crippen molar-refractivity contribution in [1.29, 1.82) is 0 Å². The molecular formula is C31H30F3N5O2. The fourth-order valence-electron chi connectivity index (χ4n) is 5.94. The van der Waals surface area contributed by atoms with Gasteiger partial charge in [0.05, 0.1) is 11.1 Å². The lowest BCUT2D eigenvalue weighted by atomic mass is 10.0. The Bertz CT molecular complexity index is 1590. The number of fused-ring (bicyclic) bond motifs is 1. The number of rotatable bonds is 7. The molecule has 2 aliphatic rings. The SMILES string of the molecule is O=C(Nc1n[nH]c2ccc(Cc3cc(F)cc(F)c3)cc12)c1cc(C(=O)N2CCC[C@H]2CN2CCCC2)ccc1F. The average Bonchev–Trinajstić information content (AvgIpc) is 3.71. The van der Waals surface area contributed by atoms with E-state index >= 15 is 0 Å². The van der Waals surface area contributed by atoms with E-state index < -0.39 is 23.4 Å². The maximum Gasteiger partial charge on any atom is 0.259 e. The van der Waals surface area contributed by atoms with Crippen LogP contribution in [0.5, 0.6) is 0 Å². The Labute approximate surface area is 235 Å². The molecule has 0 saturated carbocycles. The molecule has 0 radical (unpaired) electrons. The molecule has 0 aliphatic carbocycles. The van der Waals surface area contributed by atoms with Crippen molar-refractivity contribution < 1.29 is 22.8 Å². The summed E-state index contributed by atoms with van der Waals surface area (Å²) in [6.45, 7) is 3.57. The summed E-state index contributed by atoms with van der Waals surface area (Å²) in [5.41, 5.74) is 1.83. The number of anilines is 1. The molecule has 2 saturated heterocycles. The van der Waals surface area contributed by atoms with Crippen LogP contribution in [0.1, 0.15) is 57.5 Å². The van der Waals surface area contributed by atoms with E-state index in [0.717, 1.165) is 50.2 Å². The topological polar surface area (TPSA) is 81.3 Å². The maximum absolute atomic E-state index is 14.8. The van der Waals surface area contributed by atoms with Crippen molar-refractivity contribution in [3.05, 3.63) is 94.3 Å². The molecule has 2 aliphatic heterocycles. The summed E-state index contributed by atoms with van der Waals surface area (Å²) < 4.78 is 42.1. The van der Waals surface area contributed by atoms with Crippen molar-refractivity contribution in [2.24, 2.45) is 0 Å². The van der Waals surface area contributed by atoms with Crippen molar-refractivity contribution in [1.82, 2.24) is 20.0 Å². The third kappa shape index (κ3) is 5.83. The van der Waals surface area contributed by atoms with Crippen LogP contribution in [0.3, 0.4) is 0 Å². The van der Waals surface area contributed by atoms with Gasteiger partial charge in [-0.15, -0.1) is 0 Å². The number of benzene rings is 3. The molecule has 3 heterocycles. The predicted octanol–water partition coefficient (Wildman–Crippen LogP) is 5.52. The van der Waals surface area contributed by atoms with Crippen molar-refractivity contribution in [3.63, 3.8) is 0 Å². The number of halogens is 3. The second-order valence-corrected chi connectivity index (χ2v) is 10.9. The van der Waals surface area contributed by atoms with Crippen molar-refractivity contribution in [2.75, 3.05) is 31.5 Å². The van der Waals surface area contributed by atoms with Gasteiger partial charge in [-0.3, -0.25) is 14.7 Å². The molecule has 7 nitrogen and oxygen atoms in total. The van der Waals surface area contributed by atoms with Crippen LogP contribution in [0.4, 0.5) is 19.0 Å². The highest BCUT2D eigenvalue weighted by atomic mass is 19.1. The number of aromatic amines is 1. The van der Waals surface area contributed by atoms with Crippen LogP contribution in [-0.2, 0) is 6.42 Å². The first kappa shape index (κ1) is 27.0. The number of nitrogens with zero attached hydrogens (tertiary/aromatic N) is 3. The van der Waals surface area contributed by atoms with Crippen LogP contribution >= 0.6 is 0 Å². The fraction of sp³-hybridized carbons (Fsp3) is 0.323. The van der Waals surface area contributed by atoms with Crippen LogP contribution in [0.15, 0.2) is 54.6 Å². The molecule has 41 heavy (non-hydrogen) atoms. The van der Waals surface area contributed by atoms with Crippen molar-refractivity contribution in [2.45, 2.75) is 38.1 Å². The lowest BCUT2D eigenvalue weighted by Crippen LogP contribution is -2.42. The van der Waals surface area contributed by atoms with Crippen molar-refractivity contribution >= 4 is 28.5 Å². The van der Waals surface area contributed by atoms with Gasteiger partial charge in [0.1, 0.15) is 17.5 Å². The Kier molecular flexibility index (Phi) is 7.49. The van der Waals surface area contributed by atoms with Crippen LogP contribution < -0.4 is 5.32 Å². The van der Waals surface area contributed by atoms with Gasteiger partial charge < -0.3 is 15.1 Å². The molecule has 2 fully saturated rings. The lowest BCUT2D eigenvalue weighted by Gasteiger charge is -2.28. The molecule has 1 atom stereocenters. The van der Waals surface area contributed by atoms with Gasteiger partial charge in [-0.25, -0.2) is 13.2 Å². The van der Waals surface area contributed by atoms with Gasteiger partial charge >= 0.3 is 0 Å². The average molecular weight is 562 g/mol. The second kappa shape index (κ2) is 11.4. The monoisotopic (exact) mass is 561 g/mol. The molecule has 4 aromatic rings. The zero-order valence-corrected chi connectivity index (χ0v) is 22.4. The molecule has 212 valence electrons. The van der Waals surface area contributed by atoms with E-state index in [1.54, 1.807) is 18.2 Å². The number of aromatic nitrogens is 2. The van der Waals surface area contributed by atoms with E-state index in [1.165, 1.54) is 37.1 Å². The normalized spacial score (nSPS) is 17.4. The lowest BCUT2D eigenvalue weighted by molar-refractivity contribution is 0.0708. The van der Waals surface area contributed by atoms with Gasteiger partial charge in [0.2, 0.25) is 0 Å². The van der Waals surface area contributed by atoms with E-state index in [0.29, 0.717) is 23.0 Å². The van der Waals surface area contributed by atoms with Crippen LogP contribution in [0.2, 0.25) is 0 Å². The van der Waals surface area contributed by atoms with Crippen molar-refractivity contribution in [3.8, 4) is 0 Å². The minimum atomic E-state index is -0.747. The third-order valence-electron chi connectivity index (χ3n) is 7.95. The van der Waals surface area contributed by atoms with Gasteiger partial charge in [0, 0.05) is 36.1 Å². The van der Waals surface area contributed by atoms with E-state index in [9.17, 15) is 22.8 Å². The van der Waals surface area contributed by atoms with E-state index in [2.05, 4.69) is 20.4 Å². The third-order valence-corrected chi connectivity index (χ3v) is 7.95. The molecule has 0 spiro atoms. The predicted molar refractivity (Wildman–Crippen MR) is 149 cm³/mol. The Balaban J connectivity index is 1.20. The molecule has 6 rings (SSSR count). The summed E-state index contributed by atoms with van der Waals surface area (Å²) in [5, 5.41) is 10.2. The summed E-state index contributed by atoms with van der Waals surface area (Å²) in [5.74, 6) is -2.83. The first-order valence-corrected chi connectivity index (χ1v) is 13.9. The molecule has 0 bridgehead atoms. The molecule has 10 heteroatoms. The standard InChI is InChI=1S/C31H30F3N5O2/c32-22-13-20(14-23(33)17-22)12-19-5-8-28-26(15-19)29(37-36-28)35-30(40)25-16-21(6-7-27(25)34)31(41)39-11-3-4-24(39)18-38-9-1-2-10-38/h5-8,13-17,24H,1-4,9-12,18H2,(H2,35,36,37,40)/t24-/m0/s1. The highest BCUT2D eigenvalue weighted by Gasteiger charge is 2.32. The molecule has 1 aromatic heterocycles. The van der Waals surface area contributed by atoms with E-state index in [1.807, 2.05) is 4.90 Å². The number of carbonyl (C=O) groups is 2. The number of nitrogens with one attached hydrogen (secondary N) is 2. The Hall–Kier alpha value is -4.18. The van der Waals surface area contributed by atoms with E-state index in [-0.39, 0.29) is 35.3 Å². The second-order valence-electron chi connectivity index (χ2n) is 10.9. The quantitative estimate of drug-likeness (QED) is 0.311. The zero-order valence-electron chi connectivity index (χ0n) is 22.4. The summed E-state index contributed by atoms with van der Waals surface area (Å²) in [7, 11) is 0. The van der Waals surface area contributed by atoms with Crippen LogP contribution in [-0.4, -0.2) is 64.0 Å². The molecule has 2 amide bonds. The molecule has 3 aromatic carbocycles. The van der Waals surface area contributed by atoms with Gasteiger partial charge in [-0.2, -0.15) is 5.10 Å². The van der Waals surface area contributed by atoms with Gasteiger partial charge in [-0.05, 0) is 98.8 Å². The van der Waals surface area contributed by atoms with Gasteiger partial charge in [0.25, 0.3) is 11.8 Å². The van der Waals surface area contributed by atoms with Crippen LogP contribution in [0.25, 0.3) is 10.9 Å². The summed E-state index contributed by atoms with van der Waals surface area (Å²) in [4.78, 5) is 30.9. The van der Waals surface area contributed by atoms with Gasteiger partial charge in [-0.1, -0.05) is 6.07 Å². The smallest absolute Gasteiger partial charge is 0.259 e. The molecule has 2 N–H and O–H groups in total. The zero-order chi connectivity index (χ0) is 28.5. The highest BCUT2D eigenvalue weighted by Crippen LogP contribution is 2.26. The number of H-pyrrole nitrogens is 1. The fourth-order valence-corrected chi connectivity index (χ4v) is 5.94. The first-order chi connectivity index (χ1) is 19.8. The Morgan fingerprint density at radius 3 is 2.46 bits per heavy atom. The number of likely N-dealkylation sites (tertiary alicyclic amines) is 2. The number of carbonyl (C=O) groups excluding carboxylic acids is 2. The van der Waals surface area contributed by atoms with Gasteiger partial charge in [0.15, 0.2) is 5.82 Å². The summed E-state index contributed by atoms with van der Waals surface area (Å²) in [6.07, 6.45) is 4.46. The number of hydrogen-bond donors (Lipinski definition) is 2. The number of hydrogen-bond acceptors (Lipinski definition) is 4. The largest absolute Gasteiger partial charge is 0.334 e. The number of amides is 2. The summed E-state index contributed by atoms with van der Waals surface area (Å²) in [6, 6.07) is 12.6. The molecular weight excluding hydrogens is 531 g/mol. The molecule has 0 unspecified atom stereocenters. The maximum atomic E-state index is 14.8. The Morgan fingerprint density at radius 2 is 1.68 bits per heavy atom.